The summed E-state index contributed by atoms with van der Waals surface area (Å²) >= 11 is 0. The molecule has 0 heterocycles. The number of hydroxylamine groups is 2. The van der Waals surface area contributed by atoms with Crippen molar-refractivity contribution >= 4 is 11.9 Å². The first kappa shape index (κ1) is 22.0. The number of carbonyl (C=O) groups excluding carboxylic acids is 1. The van der Waals surface area contributed by atoms with Crippen LogP contribution in [0.15, 0.2) is 54.6 Å². The highest BCUT2D eigenvalue weighted by atomic mass is 16.5. The molecule has 0 bridgehead atoms. The van der Waals surface area contributed by atoms with Gasteiger partial charge in [0.1, 0.15) is 0 Å². The lowest BCUT2D eigenvalue weighted by atomic mass is 9.92. The average molecular weight is 410 g/mol. The van der Waals surface area contributed by atoms with Crippen molar-refractivity contribution in [2.45, 2.75) is 63.8 Å². The number of rotatable bonds is 9. The number of aryl methyl sites for hydroxylation is 1. The highest BCUT2D eigenvalue weighted by Crippen LogP contribution is 2.25. The topological polar surface area (TPSA) is 77.8 Å². The number of carbonyl (C=O) groups is 2. The van der Waals surface area contributed by atoms with Gasteiger partial charge in [0.2, 0.25) is 5.91 Å². The molecule has 0 radical (unpaired) electrons. The van der Waals surface area contributed by atoms with Crippen LogP contribution >= 0.6 is 0 Å². The first-order valence-electron chi connectivity index (χ1n) is 10.9. The van der Waals surface area contributed by atoms with Crippen LogP contribution in [0.3, 0.4) is 0 Å². The summed E-state index contributed by atoms with van der Waals surface area (Å²) in [5.74, 6) is -2.13. The van der Waals surface area contributed by atoms with Gasteiger partial charge in [0.15, 0.2) is 0 Å². The fourth-order valence-corrected chi connectivity index (χ4v) is 4.26. The van der Waals surface area contributed by atoms with E-state index in [2.05, 4.69) is 36.4 Å². The quantitative estimate of drug-likeness (QED) is 0.434. The molecule has 0 aromatic heterocycles. The van der Waals surface area contributed by atoms with E-state index in [-0.39, 0.29) is 12.5 Å². The van der Waals surface area contributed by atoms with Gasteiger partial charge in [-0.15, -0.1) is 0 Å². The number of hydrogen-bond donors (Lipinski definition) is 2. The van der Waals surface area contributed by atoms with Gasteiger partial charge in [-0.05, 0) is 48.8 Å². The molecule has 1 atom stereocenters. The number of benzene rings is 2. The van der Waals surface area contributed by atoms with Crippen molar-refractivity contribution in [2.75, 3.05) is 0 Å². The largest absolute Gasteiger partial charge is 0.481 e. The van der Waals surface area contributed by atoms with Crippen LogP contribution in [0.4, 0.5) is 0 Å². The smallest absolute Gasteiger partial charge is 0.304 e. The SMILES string of the molecule is O=C(O)CC(CCCc1ccc(-c2ccccc2)cc1)C(=O)N(O)C1CCCCC1. The fourth-order valence-electron chi connectivity index (χ4n) is 4.26. The van der Waals surface area contributed by atoms with Gasteiger partial charge in [0, 0.05) is 0 Å². The summed E-state index contributed by atoms with van der Waals surface area (Å²) in [5, 5.41) is 20.4. The van der Waals surface area contributed by atoms with E-state index in [9.17, 15) is 19.9 Å². The Morgan fingerprint density at radius 1 is 0.933 bits per heavy atom. The van der Waals surface area contributed by atoms with Crippen LogP contribution in [0.2, 0.25) is 0 Å². The predicted molar refractivity (Wildman–Crippen MR) is 116 cm³/mol. The second-order valence-electron chi connectivity index (χ2n) is 8.22. The van der Waals surface area contributed by atoms with Crippen LogP contribution in [-0.4, -0.2) is 33.3 Å². The van der Waals surface area contributed by atoms with Crippen LogP contribution in [0, 0.1) is 5.92 Å². The second kappa shape index (κ2) is 10.9. The molecule has 5 nitrogen and oxygen atoms in total. The van der Waals surface area contributed by atoms with Crippen molar-refractivity contribution in [2.24, 2.45) is 5.92 Å². The zero-order chi connectivity index (χ0) is 21.3. The normalized spacial score (nSPS) is 15.5. The lowest BCUT2D eigenvalue weighted by Crippen LogP contribution is -2.42. The van der Waals surface area contributed by atoms with E-state index < -0.39 is 17.8 Å². The van der Waals surface area contributed by atoms with Gasteiger partial charge in [0.25, 0.3) is 0 Å². The Balaban J connectivity index is 1.55. The fraction of sp³-hybridized carbons (Fsp3) is 0.440. The number of carboxylic acids is 1. The van der Waals surface area contributed by atoms with Gasteiger partial charge >= 0.3 is 5.97 Å². The van der Waals surface area contributed by atoms with Crippen molar-refractivity contribution in [3.63, 3.8) is 0 Å². The summed E-state index contributed by atoms with van der Waals surface area (Å²) in [6.45, 7) is 0. The summed E-state index contributed by atoms with van der Waals surface area (Å²) in [6.07, 6.45) is 6.38. The molecule has 1 aliphatic carbocycles. The van der Waals surface area contributed by atoms with E-state index in [1.807, 2.05) is 18.2 Å². The van der Waals surface area contributed by atoms with Crippen LogP contribution in [0.25, 0.3) is 11.1 Å². The van der Waals surface area contributed by atoms with Crippen molar-refractivity contribution in [3.05, 3.63) is 60.2 Å². The predicted octanol–water partition coefficient (Wildman–Crippen LogP) is 5.32. The lowest BCUT2D eigenvalue weighted by Gasteiger charge is -2.31. The third-order valence-electron chi connectivity index (χ3n) is 6.00. The van der Waals surface area contributed by atoms with Crippen molar-refractivity contribution < 1.29 is 19.9 Å². The maximum Gasteiger partial charge on any atom is 0.304 e. The summed E-state index contributed by atoms with van der Waals surface area (Å²) in [5.41, 5.74) is 3.48. The highest BCUT2D eigenvalue weighted by molar-refractivity contribution is 5.82. The average Bonchev–Trinajstić information content (AvgIpc) is 2.79. The Morgan fingerprint density at radius 3 is 2.20 bits per heavy atom. The molecule has 2 aromatic rings. The molecule has 2 aromatic carbocycles. The molecule has 1 unspecified atom stereocenters. The van der Waals surface area contributed by atoms with E-state index in [0.29, 0.717) is 12.8 Å². The molecule has 0 spiro atoms. The molecule has 0 aliphatic heterocycles. The third kappa shape index (κ3) is 6.17. The first-order chi connectivity index (χ1) is 14.5. The van der Waals surface area contributed by atoms with E-state index in [4.69, 9.17) is 0 Å². The summed E-state index contributed by atoms with van der Waals surface area (Å²) in [4.78, 5) is 24.0. The summed E-state index contributed by atoms with van der Waals surface area (Å²) in [7, 11) is 0. The van der Waals surface area contributed by atoms with Crippen molar-refractivity contribution in [3.8, 4) is 11.1 Å². The summed E-state index contributed by atoms with van der Waals surface area (Å²) < 4.78 is 0. The van der Waals surface area contributed by atoms with E-state index in [1.165, 1.54) is 5.56 Å². The minimum absolute atomic E-state index is 0.173. The lowest BCUT2D eigenvalue weighted by molar-refractivity contribution is -0.184. The Bertz CT molecular complexity index is 813. The number of amides is 1. The zero-order valence-electron chi connectivity index (χ0n) is 17.4. The molecular weight excluding hydrogens is 378 g/mol. The molecule has 0 saturated heterocycles. The molecular formula is C25H31NO4. The van der Waals surface area contributed by atoms with Crippen LogP contribution < -0.4 is 0 Å². The van der Waals surface area contributed by atoms with Gasteiger partial charge in [-0.2, -0.15) is 0 Å². The van der Waals surface area contributed by atoms with Crippen LogP contribution in [0.1, 0.15) is 56.9 Å². The molecule has 1 fully saturated rings. The third-order valence-corrected chi connectivity index (χ3v) is 6.00. The molecule has 5 heteroatoms. The minimum Gasteiger partial charge on any atom is -0.481 e. The first-order valence-corrected chi connectivity index (χ1v) is 10.9. The van der Waals surface area contributed by atoms with Gasteiger partial charge in [-0.1, -0.05) is 73.9 Å². The van der Waals surface area contributed by atoms with Crippen molar-refractivity contribution in [1.29, 1.82) is 0 Å². The molecule has 160 valence electrons. The Hall–Kier alpha value is -2.66. The molecule has 2 N–H and O–H groups in total. The summed E-state index contributed by atoms with van der Waals surface area (Å²) in [6, 6.07) is 18.3. The maximum absolute atomic E-state index is 12.7. The zero-order valence-corrected chi connectivity index (χ0v) is 17.4. The monoisotopic (exact) mass is 409 g/mol. The van der Waals surface area contributed by atoms with Crippen LogP contribution in [0.5, 0.6) is 0 Å². The maximum atomic E-state index is 12.7. The Kier molecular flexibility index (Phi) is 8.03. The number of carboxylic acid groups (broad SMARTS) is 1. The Labute approximate surface area is 178 Å². The van der Waals surface area contributed by atoms with E-state index in [0.717, 1.165) is 54.7 Å². The number of nitrogens with zero attached hydrogens (tertiary/aromatic N) is 1. The number of aliphatic carboxylic acids is 1. The molecule has 1 aliphatic rings. The van der Waals surface area contributed by atoms with Gasteiger partial charge in [-0.25, -0.2) is 5.06 Å². The van der Waals surface area contributed by atoms with E-state index >= 15 is 0 Å². The second-order valence-corrected chi connectivity index (χ2v) is 8.22. The molecule has 1 amide bonds. The van der Waals surface area contributed by atoms with Gasteiger partial charge in [-0.3, -0.25) is 14.8 Å². The van der Waals surface area contributed by atoms with Crippen molar-refractivity contribution in [1.82, 2.24) is 5.06 Å². The highest BCUT2D eigenvalue weighted by Gasteiger charge is 2.30. The van der Waals surface area contributed by atoms with Gasteiger partial charge < -0.3 is 5.11 Å². The van der Waals surface area contributed by atoms with E-state index in [1.54, 1.807) is 0 Å². The molecule has 1 saturated carbocycles. The number of hydrogen-bond acceptors (Lipinski definition) is 3. The standard InChI is InChI=1S/C25H31NO4/c27-24(28)18-22(25(29)26(30)23-12-5-2-6-13-23)11-7-8-19-14-16-21(17-15-19)20-9-3-1-4-10-20/h1,3-4,9-10,14-17,22-23,30H,2,5-8,11-13,18H2,(H,27,28). The molecule has 3 rings (SSSR count). The minimum atomic E-state index is -1.00. The molecule has 30 heavy (non-hydrogen) atoms. The van der Waals surface area contributed by atoms with Gasteiger partial charge in [0.05, 0.1) is 18.4 Å². The Morgan fingerprint density at radius 2 is 1.57 bits per heavy atom. The van der Waals surface area contributed by atoms with Crippen LogP contribution in [-0.2, 0) is 16.0 Å².